The van der Waals surface area contributed by atoms with Crippen LogP contribution in [-0.4, -0.2) is 30.5 Å². The number of amides is 2. The molecule has 1 fully saturated rings. The first-order chi connectivity index (χ1) is 15.6. The van der Waals surface area contributed by atoms with Gasteiger partial charge in [0.2, 0.25) is 11.8 Å². The Labute approximate surface area is 189 Å². The second kappa shape index (κ2) is 8.43. The van der Waals surface area contributed by atoms with Gasteiger partial charge in [-0.1, -0.05) is 30.3 Å². The quantitative estimate of drug-likeness (QED) is 0.473. The van der Waals surface area contributed by atoms with Crippen molar-refractivity contribution in [2.45, 2.75) is 6.42 Å². The number of thiazole rings is 1. The van der Waals surface area contributed by atoms with Crippen molar-refractivity contribution < 1.29 is 14.3 Å². The molecule has 1 saturated heterocycles. The highest BCUT2D eigenvalue weighted by molar-refractivity contribution is 7.21. The van der Waals surface area contributed by atoms with Crippen LogP contribution in [0.25, 0.3) is 20.8 Å². The molecule has 32 heavy (non-hydrogen) atoms. The molecule has 3 aromatic carbocycles. The Bertz CT molecular complexity index is 1280. The van der Waals surface area contributed by atoms with E-state index in [9.17, 15) is 9.59 Å². The smallest absolute Gasteiger partial charge is 0.229 e. The molecular formula is C25H21N3O3S. The lowest BCUT2D eigenvalue weighted by Crippen LogP contribution is -2.28. The number of carbonyl (C=O) groups is 2. The first-order valence-corrected chi connectivity index (χ1v) is 11.1. The molecule has 1 atom stereocenters. The first-order valence-electron chi connectivity index (χ1n) is 10.3. The van der Waals surface area contributed by atoms with Gasteiger partial charge in [-0.3, -0.25) is 9.59 Å². The SMILES string of the molecule is COc1cccc(N2CC(C(=O)Nc3ccccc3-c3nc4ccccc4s3)CC2=O)c1. The average molecular weight is 444 g/mol. The van der Waals surface area contributed by atoms with Gasteiger partial charge in [-0.05, 0) is 36.4 Å². The van der Waals surface area contributed by atoms with Gasteiger partial charge in [-0.15, -0.1) is 11.3 Å². The molecule has 160 valence electrons. The van der Waals surface area contributed by atoms with Gasteiger partial charge in [-0.2, -0.15) is 0 Å². The van der Waals surface area contributed by atoms with E-state index in [-0.39, 0.29) is 18.2 Å². The molecule has 1 aliphatic heterocycles. The van der Waals surface area contributed by atoms with E-state index in [2.05, 4.69) is 5.32 Å². The van der Waals surface area contributed by atoms with Crippen molar-refractivity contribution in [3.05, 3.63) is 72.8 Å². The van der Waals surface area contributed by atoms with E-state index in [0.717, 1.165) is 26.5 Å². The molecule has 0 bridgehead atoms. The Morgan fingerprint density at radius 3 is 2.75 bits per heavy atom. The van der Waals surface area contributed by atoms with Crippen LogP contribution in [-0.2, 0) is 9.59 Å². The van der Waals surface area contributed by atoms with Crippen LogP contribution in [0, 0.1) is 5.92 Å². The van der Waals surface area contributed by atoms with Crippen molar-refractivity contribution >= 4 is 44.7 Å². The van der Waals surface area contributed by atoms with Crippen LogP contribution in [0.2, 0.25) is 0 Å². The van der Waals surface area contributed by atoms with Crippen molar-refractivity contribution in [2.24, 2.45) is 5.92 Å². The molecule has 4 aromatic rings. The number of aromatic nitrogens is 1. The number of fused-ring (bicyclic) bond motifs is 1. The number of anilines is 2. The zero-order chi connectivity index (χ0) is 22.1. The van der Waals surface area contributed by atoms with Crippen LogP contribution >= 0.6 is 11.3 Å². The number of nitrogens with zero attached hydrogens (tertiary/aromatic N) is 2. The monoisotopic (exact) mass is 443 g/mol. The van der Waals surface area contributed by atoms with Gasteiger partial charge in [0.25, 0.3) is 0 Å². The highest BCUT2D eigenvalue weighted by Gasteiger charge is 2.35. The van der Waals surface area contributed by atoms with E-state index >= 15 is 0 Å². The lowest BCUT2D eigenvalue weighted by atomic mass is 10.1. The average Bonchev–Trinajstić information content (AvgIpc) is 3.43. The summed E-state index contributed by atoms with van der Waals surface area (Å²) in [5.74, 6) is 0.000237. The zero-order valence-electron chi connectivity index (χ0n) is 17.4. The predicted octanol–water partition coefficient (Wildman–Crippen LogP) is 4.96. The number of benzene rings is 3. The molecule has 2 amide bonds. The van der Waals surface area contributed by atoms with Gasteiger partial charge in [-0.25, -0.2) is 4.98 Å². The van der Waals surface area contributed by atoms with Gasteiger partial charge in [0.1, 0.15) is 10.8 Å². The summed E-state index contributed by atoms with van der Waals surface area (Å²) in [7, 11) is 1.59. The minimum atomic E-state index is -0.433. The lowest BCUT2D eigenvalue weighted by molar-refractivity contribution is -0.122. The maximum atomic E-state index is 13.1. The summed E-state index contributed by atoms with van der Waals surface area (Å²) in [5, 5.41) is 3.88. The number of methoxy groups -OCH3 is 1. The molecule has 0 radical (unpaired) electrons. The Morgan fingerprint density at radius 2 is 1.91 bits per heavy atom. The highest BCUT2D eigenvalue weighted by Crippen LogP contribution is 2.35. The second-order valence-corrected chi connectivity index (χ2v) is 8.66. The summed E-state index contributed by atoms with van der Waals surface area (Å²) in [6.07, 6.45) is 0.173. The molecule has 0 aliphatic carbocycles. The fourth-order valence-electron chi connectivity index (χ4n) is 3.91. The fourth-order valence-corrected chi connectivity index (χ4v) is 4.92. The molecule has 1 N–H and O–H groups in total. The molecule has 0 spiro atoms. The normalized spacial score (nSPS) is 15.8. The van der Waals surface area contributed by atoms with Gasteiger partial charge in [0, 0.05) is 30.3 Å². The zero-order valence-corrected chi connectivity index (χ0v) is 18.3. The summed E-state index contributed by atoms with van der Waals surface area (Å²) in [5.41, 5.74) is 3.24. The van der Waals surface area contributed by atoms with Crippen LogP contribution in [0.3, 0.4) is 0 Å². The molecule has 7 heteroatoms. The Kier molecular flexibility index (Phi) is 5.33. The third kappa shape index (κ3) is 3.83. The summed E-state index contributed by atoms with van der Waals surface area (Å²) in [4.78, 5) is 32.1. The number of hydrogen-bond acceptors (Lipinski definition) is 5. The minimum Gasteiger partial charge on any atom is -0.497 e. The van der Waals surface area contributed by atoms with Crippen molar-refractivity contribution in [3.8, 4) is 16.3 Å². The number of para-hydroxylation sites is 2. The van der Waals surface area contributed by atoms with Crippen molar-refractivity contribution in [1.29, 1.82) is 0 Å². The Morgan fingerprint density at radius 1 is 1.09 bits per heavy atom. The third-order valence-electron chi connectivity index (χ3n) is 5.57. The van der Waals surface area contributed by atoms with Gasteiger partial charge in [0.05, 0.1) is 28.9 Å². The second-order valence-electron chi connectivity index (χ2n) is 7.63. The van der Waals surface area contributed by atoms with E-state index < -0.39 is 5.92 Å². The first kappa shape index (κ1) is 20.2. The number of hydrogen-bond donors (Lipinski definition) is 1. The summed E-state index contributed by atoms with van der Waals surface area (Å²) in [6.45, 7) is 0.334. The van der Waals surface area contributed by atoms with Crippen LogP contribution in [0.15, 0.2) is 72.8 Å². The summed E-state index contributed by atoms with van der Waals surface area (Å²) in [6, 6.07) is 22.9. The predicted molar refractivity (Wildman–Crippen MR) is 127 cm³/mol. The van der Waals surface area contributed by atoms with E-state index in [1.54, 1.807) is 29.4 Å². The largest absolute Gasteiger partial charge is 0.497 e. The standard InChI is InChI=1S/C25H21N3O3S/c1-31-18-8-6-7-17(14-18)28-15-16(13-23(28)29)24(30)26-20-10-3-2-9-19(20)25-27-21-11-4-5-12-22(21)32-25/h2-12,14,16H,13,15H2,1H3,(H,26,30). The Balaban J connectivity index is 1.36. The Hall–Kier alpha value is -3.71. The van der Waals surface area contributed by atoms with E-state index in [0.29, 0.717) is 18.0 Å². The number of rotatable bonds is 5. The van der Waals surface area contributed by atoms with Crippen LogP contribution in [0.5, 0.6) is 5.75 Å². The van der Waals surface area contributed by atoms with E-state index in [1.807, 2.05) is 66.7 Å². The van der Waals surface area contributed by atoms with Crippen LogP contribution in [0.1, 0.15) is 6.42 Å². The lowest BCUT2D eigenvalue weighted by Gasteiger charge is -2.17. The molecular weight excluding hydrogens is 422 g/mol. The molecule has 2 heterocycles. The number of ether oxygens (including phenoxy) is 1. The van der Waals surface area contributed by atoms with Gasteiger partial charge < -0.3 is 15.0 Å². The molecule has 1 unspecified atom stereocenters. The van der Waals surface area contributed by atoms with Crippen molar-refractivity contribution in [1.82, 2.24) is 4.98 Å². The minimum absolute atomic E-state index is 0.0714. The van der Waals surface area contributed by atoms with E-state index in [4.69, 9.17) is 9.72 Å². The van der Waals surface area contributed by atoms with Crippen LogP contribution in [0.4, 0.5) is 11.4 Å². The van der Waals surface area contributed by atoms with Crippen molar-refractivity contribution in [3.63, 3.8) is 0 Å². The fraction of sp³-hybridized carbons (Fsp3) is 0.160. The molecule has 0 saturated carbocycles. The summed E-state index contributed by atoms with van der Waals surface area (Å²) < 4.78 is 6.35. The van der Waals surface area contributed by atoms with Crippen LogP contribution < -0.4 is 15.0 Å². The molecule has 6 nitrogen and oxygen atoms in total. The highest BCUT2D eigenvalue weighted by atomic mass is 32.1. The number of nitrogens with one attached hydrogen (secondary N) is 1. The van der Waals surface area contributed by atoms with Gasteiger partial charge >= 0.3 is 0 Å². The maximum Gasteiger partial charge on any atom is 0.229 e. The topological polar surface area (TPSA) is 71.5 Å². The third-order valence-corrected chi connectivity index (χ3v) is 6.64. The molecule has 5 rings (SSSR count). The van der Waals surface area contributed by atoms with Crippen molar-refractivity contribution in [2.75, 3.05) is 23.9 Å². The van der Waals surface area contributed by atoms with E-state index in [1.165, 1.54) is 0 Å². The molecule has 1 aromatic heterocycles. The summed E-state index contributed by atoms with van der Waals surface area (Å²) >= 11 is 1.59. The van der Waals surface area contributed by atoms with Gasteiger partial charge in [0.15, 0.2) is 0 Å². The molecule has 1 aliphatic rings. The number of carbonyl (C=O) groups excluding carboxylic acids is 2. The maximum absolute atomic E-state index is 13.1.